The van der Waals surface area contributed by atoms with Gasteiger partial charge in [0.2, 0.25) is 0 Å². The molecule has 1 heterocycles. The largest absolute Gasteiger partial charge is 0.396 e. The average Bonchev–Trinajstić information content (AvgIpc) is 3.04. The Morgan fingerprint density at radius 1 is 1.35 bits per heavy atom. The summed E-state index contributed by atoms with van der Waals surface area (Å²) in [5, 5.41) is 22.5. The van der Waals surface area contributed by atoms with Crippen LogP contribution in [0, 0.1) is 16.0 Å². The molecular formula is C16H23N3O4. The first-order valence-electron chi connectivity index (χ1n) is 7.97. The van der Waals surface area contributed by atoms with Crippen LogP contribution in [0.15, 0.2) is 24.3 Å². The van der Waals surface area contributed by atoms with Crippen LogP contribution in [0.25, 0.3) is 0 Å². The van der Waals surface area contributed by atoms with Gasteiger partial charge in [0.05, 0.1) is 4.92 Å². The van der Waals surface area contributed by atoms with Crippen LogP contribution in [0.2, 0.25) is 0 Å². The van der Waals surface area contributed by atoms with Gasteiger partial charge >= 0.3 is 6.03 Å². The molecule has 0 bridgehead atoms. The van der Waals surface area contributed by atoms with Crippen LogP contribution in [0.1, 0.15) is 24.8 Å². The van der Waals surface area contributed by atoms with E-state index in [9.17, 15) is 14.9 Å². The highest BCUT2D eigenvalue weighted by atomic mass is 16.6. The van der Waals surface area contributed by atoms with Crippen molar-refractivity contribution in [2.45, 2.75) is 25.7 Å². The summed E-state index contributed by atoms with van der Waals surface area (Å²) in [5.74, 6) is 0.211. The van der Waals surface area contributed by atoms with Gasteiger partial charge in [0.1, 0.15) is 0 Å². The van der Waals surface area contributed by atoms with Crippen molar-refractivity contribution < 1.29 is 14.8 Å². The molecule has 1 saturated heterocycles. The molecule has 2 amide bonds. The summed E-state index contributed by atoms with van der Waals surface area (Å²) < 4.78 is 0. The summed E-state index contributed by atoms with van der Waals surface area (Å²) in [6.07, 6.45) is 3.48. The number of likely N-dealkylation sites (tertiary alicyclic amines) is 1. The number of aliphatic hydroxyl groups is 1. The Morgan fingerprint density at radius 2 is 2.09 bits per heavy atom. The molecule has 2 rings (SSSR count). The molecule has 1 fully saturated rings. The molecule has 0 radical (unpaired) electrons. The van der Waals surface area contributed by atoms with E-state index >= 15 is 0 Å². The summed E-state index contributed by atoms with van der Waals surface area (Å²) in [7, 11) is 0. The third-order valence-corrected chi connectivity index (χ3v) is 4.15. The quantitative estimate of drug-likeness (QED) is 0.456. The minimum atomic E-state index is -0.404. The van der Waals surface area contributed by atoms with Crippen LogP contribution in [0.3, 0.4) is 0 Å². The molecule has 7 nitrogen and oxygen atoms in total. The number of urea groups is 1. The summed E-state index contributed by atoms with van der Waals surface area (Å²) >= 11 is 0. The molecule has 0 aromatic heterocycles. The van der Waals surface area contributed by atoms with Gasteiger partial charge in [-0.05, 0) is 31.2 Å². The third kappa shape index (κ3) is 5.21. The number of rotatable bonds is 7. The van der Waals surface area contributed by atoms with Crippen LogP contribution in [0.4, 0.5) is 10.5 Å². The number of carbonyl (C=O) groups is 1. The number of hydrogen-bond acceptors (Lipinski definition) is 4. The highest BCUT2D eigenvalue weighted by Crippen LogP contribution is 2.15. The van der Waals surface area contributed by atoms with Crippen molar-refractivity contribution in [1.29, 1.82) is 0 Å². The van der Waals surface area contributed by atoms with Crippen molar-refractivity contribution in [2.24, 2.45) is 5.92 Å². The van der Waals surface area contributed by atoms with Crippen LogP contribution < -0.4 is 5.32 Å². The van der Waals surface area contributed by atoms with E-state index in [2.05, 4.69) is 5.32 Å². The number of hydrogen-bond donors (Lipinski definition) is 2. The summed E-state index contributed by atoms with van der Waals surface area (Å²) in [4.78, 5) is 23.8. The van der Waals surface area contributed by atoms with Gasteiger partial charge in [-0.1, -0.05) is 12.1 Å². The molecule has 7 heteroatoms. The van der Waals surface area contributed by atoms with E-state index in [-0.39, 0.29) is 24.2 Å². The first-order valence-corrected chi connectivity index (χ1v) is 7.97. The van der Waals surface area contributed by atoms with Crippen LogP contribution in [-0.2, 0) is 6.42 Å². The molecule has 1 aliphatic rings. The minimum Gasteiger partial charge on any atom is -0.396 e. The fourth-order valence-electron chi connectivity index (χ4n) is 2.71. The maximum atomic E-state index is 11.9. The summed E-state index contributed by atoms with van der Waals surface area (Å²) in [5.41, 5.74) is 1.17. The van der Waals surface area contributed by atoms with Gasteiger partial charge in [-0.25, -0.2) is 4.79 Å². The molecule has 1 aliphatic heterocycles. The van der Waals surface area contributed by atoms with Gasteiger partial charge < -0.3 is 15.3 Å². The van der Waals surface area contributed by atoms with E-state index in [1.807, 2.05) is 0 Å². The van der Waals surface area contributed by atoms with Gasteiger partial charge in [0, 0.05) is 44.3 Å². The number of non-ortho nitro benzene ring substituents is 1. The number of aliphatic hydroxyl groups excluding tert-OH is 1. The Morgan fingerprint density at radius 3 is 2.70 bits per heavy atom. The molecule has 1 aromatic carbocycles. The summed E-state index contributed by atoms with van der Waals surface area (Å²) in [6.45, 7) is 2.09. The lowest BCUT2D eigenvalue weighted by atomic mass is 10.1. The normalized spacial score (nSPS) is 17.3. The molecule has 0 saturated carbocycles. The van der Waals surface area contributed by atoms with Gasteiger partial charge in [0.15, 0.2) is 0 Å². The van der Waals surface area contributed by atoms with Crippen molar-refractivity contribution in [2.75, 3.05) is 26.2 Å². The number of nitro benzene ring substituents is 1. The Balaban J connectivity index is 1.60. The van der Waals surface area contributed by atoms with Crippen molar-refractivity contribution in [1.82, 2.24) is 10.2 Å². The van der Waals surface area contributed by atoms with E-state index in [0.717, 1.165) is 31.2 Å². The first-order chi connectivity index (χ1) is 11.1. The molecule has 1 atom stereocenters. The van der Waals surface area contributed by atoms with Crippen molar-refractivity contribution >= 4 is 11.7 Å². The number of amides is 2. The predicted molar refractivity (Wildman–Crippen MR) is 86.2 cm³/mol. The Bertz CT molecular complexity index is 533. The third-order valence-electron chi connectivity index (χ3n) is 4.15. The zero-order valence-corrected chi connectivity index (χ0v) is 13.1. The number of aryl methyl sites for hydroxylation is 1. The molecule has 126 valence electrons. The predicted octanol–water partition coefficient (Wildman–Crippen LogP) is 1.94. The Hall–Kier alpha value is -2.15. The van der Waals surface area contributed by atoms with E-state index < -0.39 is 4.92 Å². The van der Waals surface area contributed by atoms with Gasteiger partial charge in [-0.3, -0.25) is 10.1 Å². The molecule has 1 aromatic rings. The number of nitrogens with one attached hydrogen (secondary N) is 1. The Labute approximate surface area is 135 Å². The fraction of sp³-hybridized carbons (Fsp3) is 0.562. The second-order valence-electron chi connectivity index (χ2n) is 5.90. The molecule has 0 spiro atoms. The molecule has 0 aliphatic carbocycles. The number of nitrogens with zero attached hydrogens (tertiary/aromatic N) is 2. The van der Waals surface area contributed by atoms with Crippen LogP contribution >= 0.6 is 0 Å². The zero-order valence-electron chi connectivity index (χ0n) is 13.1. The van der Waals surface area contributed by atoms with E-state index in [0.29, 0.717) is 19.6 Å². The lowest BCUT2D eigenvalue weighted by Crippen LogP contribution is -2.39. The van der Waals surface area contributed by atoms with Crippen LogP contribution in [0.5, 0.6) is 0 Å². The number of nitro groups is 1. The number of unbranched alkanes of at least 4 members (excludes halogenated alkanes) is 1. The van der Waals surface area contributed by atoms with E-state index in [4.69, 9.17) is 5.11 Å². The smallest absolute Gasteiger partial charge is 0.317 e. The maximum Gasteiger partial charge on any atom is 0.317 e. The van der Waals surface area contributed by atoms with Gasteiger partial charge in [-0.15, -0.1) is 0 Å². The molecule has 2 N–H and O–H groups in total. The summed E-state index contributed by atoms with van der Waals surface area (Å²) in [6, 6.07) is 6.52. The maximum absolute atomic E-state index is 11.9. The second kappa shape index (κ2) is 8.47. The second-order valence-corrected chi connectivity index (χ2v) is 5.90. The van der Waals surface area contributed by atoms with Gasteiger partial charge in [-0.2, -0.15) is 0 Å². The molecule has 23 heavy (non-hydrogen) atoms. The molecule has 1 unspecified atom stereocenters. The highest BCUT2D eigenvalue weighted by molar-refractivity contribution is 5.74. The minimum absolute atomic E-state index is 0.0590. The highest BCUT2D eigenvalue weighted by Gasteiger charge is 2.25. The first kappa shape index (κ1) is 17.2. The van der Waals surface area contributed by atoms with Crippen molar-refractivity contribution in [3.05, 3.63) is 39.9 Å². The SMILES string of the molecule is O=C(NCCCCc1ccc([N+](=O)[O-])cc1)N1CCC(CO)C1. The number of benzene rings is 1. The lowest BCUT2D eigenvalue weighted by molar-refractivity contribution is -0.384. The average molecular weight is 321 g/mol. The van der Waals surface area contributed by atoms with Gasteiger partial charge in [0.25, 0.3) is 5.69 Å². The fourth-order valence-corrected chi connectivity index (χ4v) is 2.71. The van der Waals surface area contributed by atoms with Crippen LogP contribution in [-0.4, -0.2) is 47.2 Å². The topological polar surface area (TPSA) is 95.7 Å². The van der Waals surface area contributed by atoms with Crippen molar-refractivity contribution in [3.8, 4) is 0 Å². The Kier molecular flexibility index (Phi) is 6.34. The number of carbonyl (C=O) groups excluding carboxylic acids is 1. The van der Waals surface area contributed by atoms with E-state index in [1.54, 1.807) is 17.0 Å². The zero-order chi connectivity index (χ0) is 16.7. The monoisotopic (exact) mass is 321 g/mol. The van der Waals surface area contributed by atoms with Crippen molar-refractivity contribution in [3.63, 3.8) is 0 Å². The van der Waals surface area contributed by atoms with E-state index in [1.165, 1.54) is 12.1 Å². The standard InChI is InChI=1S/C16H23N3O4/c20-12-14-8-10-18(11-14)16(21)17-9-2-1-3-13-4-6-15(7-5-13)19(22)23/h4-7,14,20H,1-3,8-12H2,(H,17,21). The lowest BCUT2D eigenvalue weighted by Gasteiger charge is -2.17. The molecular weight excluding hydrogens is 298 g/mol.